The van der Waals surface area contributed by atoms with Crippen molar-refractivity contribution in [2.45, 2.75) is 13.3 Å². The van der Waals surface area contributed by atoms with Crippen molar-refractivity contribution in [2.75, 3.05) is 7.11 Å². The van der Waals surface area contributed by atoms with Crippen LogP contribution in [-0.2, 0) is 11.2 Å². The molecule has 0 spiro atoms. The number of ether oxygens (including phenoxy) is 1. The first-order valence-corrected chi connectivity index (χ1v) is 4.74. The van der Waals surface area contributed by atoms with Crippen molar-refractivity contribution < 1.29 is 24.1 Å². The summed E-state index contributed by atoms with van der Waals surface area (Å²) in [5, 5.41) is 18.0. The third-order valence-electron chi connectivity index (χ3n) is 2.31. The second-order valence-corrected chi connectivity index (χ2v) is 3.53. The minimum absolute atomic E-state index is 0.0534. The number of aromatic hydroxyl groups is 1. The molecule has 5 heteroatoms. The molecule has 0 amide bonds. The number of benzene rings is 1. The quantitative estimate of drug-likeness (QED) is 0.824. The second kappa shape index (κ2) is 4.83. The van der Waals surface area contributed by atoms with Gasteiger partial charge < -0.3 is 14.9 Å². The first-order valence-electron chi connectivity index (χ1n) is 4.74. The normalized spacial score (nSPS) is 12.2. The Labute approximate surface area is 92.3 Å². The van der Waals surface area contributed by atoms with Crippen LogP contribution >= 0.6 is 0 Å². The van der Waals surface area contributed by atoms with E-state index in [0.717, 1.165) is 0 Å². The molecule has 0 aliphatic carbocycles. The van der Waals surface area contributed by atoms with E-state index in [9.17, 15) is 14.3 Å². The summed E-state index contributed by atoms with van der Waals surface area (Å²) in [4.78, 5) is 10.6. The molecule has 0 saturated carbocycles. The van der Waals surface area contributed by atoms with Crippen LogP contribution in [0.25, 0.3) is 0 Å². The van der Waals surface area contributed by atoms with Crippen molar-refractivity contribution in [1.82, 2.24) is 0 Å². The molecule has 0 saturated heterocycles. The number of phenols is 1. The lowest BCUT2D eigenvalue weighted by atomic mass is 10.0. The van der Waals surface area contributed by atoms with Crippen molar-refractivity contribution in [3.63, 3.8) is 0 Å². The Kier molecular flexibility index (Phi) is 3.71. The third-order valence-corrected chi connectivity index (χ3v) is 2.31. The summed E-state index contributed by atoms with van der Waals surface area (Å²) in [7, 11) is 1.24. The molecule has 0 heterocycles. The van der Waals surface area contributed by atoms with E-state index < -0.39 is 17.7 Å². The van der Waals surface area contributed by atoms with Crippen LogP contribution in [0.15, 0.2) is 12.1 Å². The monoisotopic (exact) mass is 228 g/mol. The van der Waals surface area contributed by atoms with Crippen molar-refractivity contribution in [3.8, 4) is 11.5 Å². The summed E-state index contributed by atoms with van der Waals surface area (Å²) in [6, 6.07) is 2.64. The van der Waals surface area contributed by atoms with Crippen LogP contribution in [0.2, 0.25) is 0 Å². The number of methoxy groups -OCH3 is 1. The largest absolute Gasteiger partial charge is 0.504 e. The van der Waals surface area contributed by atoms with E-state index in [1.165, 1.54) is 26.2 Å². The standard InChI is InChI=1S/C11H13FO4/c1-6(11(14)15)5-7-3-4-8(13)10(16-2)9(7)12/h3-4,6,13H,5H2,1-2H3,(H,14,15). The molecule has 0 aromatic heterocycles. The zero-order chi connectivity index (χ0) is 12.3. The molecule has 88 valence electrons. The molecular weight excluding hydrogens is 215 g/mol. The maximum Gasteiger partial charge on any atom is 0.306 e. The molecule has 0 aliphatic rings. The fourth-order valence-electron chi connectivity index (χ4n) is 1.36. The summed E-state index contributed by atoms with van der Waals surface area (Å²) in [6.07, 6.45) is 0.0534. The number of rotatable bonds is 4. The van der Waals surface area contributed by atoms with Gasteiger partial charge in [0.05, 0.1) is 13.0 Å². The van der Waals surface area contributed by atoms with E-state index in [0.29, 0.717) is 0 Å². The number of phenolic OH excluding ortho intramolecular Hbond substituents is 1. The minimum atomic E-state index is -0.994. The van der Waals surface area contributed by atoms with Crippen LogP contribution in [0, 0.1) is 11.7 Å². The average molecular weight is 228 g/mol. The van der Waals surface area contributed by atoms with Crippen molar-refractivity contribution >= 4 is 5.97 Å². The number of carboxylic acids is 1. The third kappa shape index (κ3) is 2.42. The lowest BCUT2D eigenvalue weighted by Gasteiger charge is -2.11. The molecule has 2 N–H and O–H groups in total. The van der Waals surface area contributed by atoms with Gasteiger partial charge in [-0.15, -0.1) is 0 Å². The number of carbonyl (C=O) groups is 1. The molecule has 1 aromatic carbocycles. The summed E-state index contributed by atoms with van der Waals surface area (Å²) < 4.78 is 18.4. The van der Waals surface area contributed by atoms with Gasteiger partial charge in [-0.25, -0.2) is 4.39 Å². The number of carboxylic acid groups (broad SMARTS) is 1. The molecule has 1 unspecified atom stereocenters. The summed E-state index contributed by atoms with van der Waals surface area (Å²) >= 11 is 0. The smallest absolute Gasteiger partial charge is 0.306 e. The Bertz CT molecular complexity index is 403. The van der Waals surface area contributed by atoms with E-state index in [1.54, 1.807) is 0 Å². The van der Waals surface area contributed by atoms with Crippen LogP contribution in [0.3, 0.4) is 0 Å². The zero-order valence-electron chi connectivity index (χ0n) is 9.03. The highest BCUT2D eigenvalue weighted by Crippen LogP contribution is 2.31. The molecule has 0 bridgehead atoms. The van der Waals surface area contributed by atoms with Crippen LogP contribution < -0.4 is 4.74 Å². The molecule has 16 heavy (non-hydrogen) atoms. The first kappa shape index (κ1) is 12.3. The lowest BCUT2D eigenvalue weighted by Crippen LogP contribution is -2.13. The first-order chi connectivity index (χ1) is 7.47. The fraction of sp³-hybridized carbons (Fsp3) is 0.364. The molecular formula is C11H13FO4. The summed E-state index contributed by atoms with van der Waals surface area (Å²) in [5.41, 5.74) is 0.213. The Morgan fingerprint density at radius 3 is 2.69 bits per heavy atom. The van der Waals surface area contributed by atoms with Gasteiger partial charge in [0, 0.05) is 0 Å². The average Bonchev–Trinajstić information content (AvgIpc) is 2.22. The SMILES string of the molecule is COc1c(O)ccc(CC(C)C(=O)O)c1F. The van der Waals surface area contributed by atoms with Crippen LogP contribution in [0.5, 0.6) is 11.5 Å². The highest BCUT2D eigenvalue weighted by molar-refractivity contribution is 5.70. The predicted molar refractivity (Wildman–Crippen MR) is 55.1 cm³/mol. The Morgan fingerprint density at radius 1 is 1.56 bits per heavy atom. The van der Waals surface area contributed by atoms with E-state index in [4.69, 9.17) is 5.11 Å². The molecule has 0 aliphatic heterocycles. The highest BCUT2D eigenvalue weighted by atomic mass is 19.1. The fourth-order valence-corrected chi connectivity index (χ4v) is 1.36. The van der Waals surface area contributed by atoms with Gasteiger partial charge in [0.1, 0.15) is 0 Å². The van der Waals surface area contributed by atoms with Gasteiger partial charge in [-0.3, -0.25) is 4.79 Å². The summed E-state index contributed by atoms with van der Waals surface area (Å²) in [5.74, 6) is -2.95. The van der Waals surface area contributed by atoms with Crippen LogP contribution in [0.4, 0.5) is 4.39 Å². The van der Waals surface area contributed by atoms with Gasteiger partial charge >= 0.3 is 5.97 Å². The number of aliphatic carboxylic acids is 1. The van der Waals surface area contributed by atoms with Crippen LogP contribution in [-0.4, -0.2) is 23.3 Å². The Hall–Kier alpha value is -1.78. The van der Waals surface area contributed by atoms with E-state index >= 15 is 0 Å². The van der Waals surface area contributed by atoms with Gasteiger partial charge in [0.2, 0.25) is 0 Å². The van der Waals surface area contributed by atoms with Crippen LogP contribution in [0.1, 0.15) is 12.5 Å². The number of halogens is 1. The minimum Gasteiger partial charge on any atom is -0.504 e. The molecule has 1 aromatic rings. The predicted octanol–water partition coefficient (Wildman–Crippen LogP) is 1.80. The van der Waals surface area contributed by atoms with Crippen molar-refractivity contribution in [3.05, 3.63) is 23.5 Å². The molecule has 1 rings (SSSR count). The Morgan fingerprint density at radius 2 is 2.19 bits per heavy atom. The van der Waals surface area contributed by atoms with E-state index in [1.807, 2.05) is 0 Å². The van der Waals surface area contributed by atoms with E-state index in [2.05, 4.69) is 4.74 Å². The van der Waals surface area contributed by atoms with Gasteiger partial charge in [0.15, 0.2) is 17.3 Å². The van der Waals surface area contributed by atoms with Gasteiger partial charge in [0.25, 0.3) is 0 Å². The van der Waals surface area contributed by atoms with Gasteiger partial charge in [-0.2, -0.15) is 0 Å². The number of hydrogen-bond acceptors (Lipinski definition) is 3. The maximum absolute atomic E-state index is 13.7. The lowest BCUT2D eigenvalue weighted by molar-refractivity contribution is -0.141. The molecule has 1 atom stereocenters. The Balaban J connectivity index is 3.02. The van der Waals surface area contributed by atoms with E-state index in [-0.39, 0.29) is 23.5 Å². The van der Waals surface area contributed by atoms with Gasteiger partial charge in [-0.1, -0.05) is 13.0 Å². The highest BCUT2D eigenvalue weighted by Gasteiger charge is 2.18. The van der Waals surface area contributed by atoms with Crippen molar-refractivity contribution in [2.24, 2.45) is 5.92 Å². The topological polar surface area (TPSA) is 66.8 Å². The maximum atomic E-state index is 13.7. The molecule has 0 radical (unpaired) electrons. The molecule has 0 fully saturated rings. The van der Waals surface area contributed by atoms with Gasteiger partial charge in [-0.05, 0) is 18.1 Å². The second-order valence-electron chi connectivity index (χ2n) is 3.53. The van der Waals surface area contributed by atoms with Crippen molar-refractivity contribution in [1.29, 1.82) is 0 Å². The summed E-state index contributed by atoms with van der Waals surface area (Å²) in [6.45, 7) is 1.49. The number of hydrogen-bond donors (Lipinski definition) is 2. The zero-order valence-corrected chi connectivity index (χ0v) is 9.03. The molecule has 4 nitrogen and oxygen atoms in total.